The predicted molar refractivity (Wildman–Crippen MR) is 72.1 cm³/mol. The summed E-state index contributed by atoms with van der Waals surface area (Å²) >= 11 is 1.66. The second-order valence-electron chi connectivity index (χ2n) is 4.02. The van der Waals surface area contributed by atoms with E-state index in [1.165, 1.54) is 23.8 Å². The van der Waals surface area contributed by atoms with Crippen LogP contribution in [0.25, 0.3) is 0 Å². The van der Waals surface area contributed by atoms with Gasteiger partial charge in [-0.25, -0.2) is 0 Å². The minimum Gasteiger partial charge on any atom is -0.468 e. The van der Waals surface area contributed by atoms with Gasteiger partial charge in [-0.05, 0) is 30.5 Å². The minimum absolute atomic E-state index is 0.348. The molecule has 0 aliphatic carbocycles. The number of ether oxygens (including phenoxy) is 1. The van der Waals surface area contributed by atoms with Crippen molar-refractivity contribution in [3.05, 3.63) is 34.9 Å². The third-order valence-corrected chi connectivity index (χ3v) is 3.78. The summed E-state index contributed by atoms with van der Waals surface area (Å²) in [5.74, 6) is 1.11. The fourth-order valence-corrected chi connectivity index (χ4v) is 2.75. The van der Waals surface area contributed by atoms with Gasteiger partial charge in [0.25, 0.3) is 0 Å². The number of hydrogen-bond donors (Lipinski definition) is 1. The topological polar surface area (TPSA) is 52.3 Å². The number of nitrogens with two attached hydrogens (primary N) is 1. The van der Waals surface area contributed by atoms with Gasteiger partial charge in [0, 0.05) is 11.5 Å². The van der Waals surface area contributed by atoms with Gasteiger partial charge in [0.05, 0.1) is 7.11 Å². The summed E-state index contributed by atoms with van der Waals surface area (Å²) in [5.41, 5.74) is 9.56. The summed E-state index contributed by atoms with van der Waals surface area (Å²) in [6, 6.07) is 5.72. The van der Waals surface area contributed by atoms with Gasteiger partial charge in [-0.3, -0.25) is 4.79 Å². The number of carbonyl (C=O) groups excluding carboxylic acids is 1. The fraction of sp³-hybridized carbons (Fsp3) is 0.462. The highest BCUT2D eigenvalue weighted by Gasteiger charge is 2.13. The first-order chi connectivity index (χ1) is 8.06. The van der Waals surface area contributed by atoms with E-state index >= 15 is 0 Å². The largest absolute Gasteiger partial charge is 0.468 e. The van der Waals surface area contributed by atoms with E-state index in [9.17, 15) is 4.79 Å². The molecule has 0 saturated carbocycles. The summed E-state index contributed by atoms with van der Waals surface area (Å²) in [4.78, 5) is 11.1. The average molecular weight is 253 g/mol. The molecule has 1 rings (SSSR count). The van der Waals surface area contributed by atoms with Crippen molar-refractivity contribution >= 4 is 17.7 Å². The highest BCUT2D eigenvalue weighted by atomic mass is 32.2. The molecule has 1 atom stereocenters. The summed E-state index contributed by atoms with van der Waals surface area (Å²) in [6.07, 6.45) is 0. The van der Waals surface area contributed by atoms with Crippen LogP contribution in [0.4, 0.5) is 0 Å². The molecule has 0 spiro atoms. The summed E-state index contributed by atoms with van der Waals surface area (Å²) in [6.45, 7) is 4.20. The van der Waals surface area contributed by atoms with E-state index in [2.05, 4.69) is 36.8 Å². The van der Waals surface area contributed by atoms with E-state index < -0.39 is 6.04 Å². The molecule has 0 saturated heterocycles. The molecule has 1 unspecified atom stereocenters. The Morgan fingerprint density at radius 2 is 2.00 bits per heavy atom. The van der Waals surface area contributed by atoms with Crippen LogP contribution in [0.1, 0.15) is 16.7 Å². The lowest BCUT2D eigenvalue weighted by molar-refractivity contribution is -0.141. The van der Waals surface area contributed by atoms with Crippen LogP contribution in [-0.4, -0.2) is 24.9 Å². The van der Waals surface area contributed by atoms with Crippen molar-refractivity contribution in [3.8, 4) is 0 Å². The molecule has 0 fully saturated rings. The molecule has 3 nitrogen and oxygen atoms in total. The molecule has 0 radical (unpaired) electrons. The number of rotatable bonds is 5. The lowest BCUT2D eigenvalue weighted by Crippen LogP contribution is -2.33. The predicted octanol–water partition coefficient (Wildman–Crippen LogP) is 2.04. The van der Waals surface area contributed by atoms with E-state index in [-0.39, 0.29) is 5.97 Å². The zero-order valence-electron chi connectivity index (χ0n) is 10.5. The van der Waals surface area contributed by atoms with Crippen molar-refractivity contribution < 1.29 is 9.53 Å². The normalized spacial score (nSPS) is 12.2. The van der Waals surface area contributed by atoms with Crippen molar-refractivity contribution in [2.75, 3.05) is 12.9 Å². The maximum Gasteiger partial charge on any atom is 0.323 e. The fourth-order valence-electron chi connectivity index (χ4n) is 1.58. The Morgan fingerprint density at radius 3 is 2.53 bits per heavy atom. The molecule has 1 aromatic rings. The number of thioether (sulfide) groups is 1. The van der Waals surface area contributed by atoms with Gasteiger partial charge in [0.15, 0.2) is 0 Å². The average Bonchev–Trinajstić information content (AvgIpc) is 2.31. The second-order valence-corrected chi connectivity index (χ2v) is 5.05. The SMILES string of the molecule is COC(=O)C(N)CSCc1c(C)cccc1C. The molecule has 0 aliphatic rings. The standard InChI is InChI=1S/C13H19NO2S/c1-9-5-4-6-10(2)11(9)7-17-8-12(14)13(15)16-3/h4-6,12H,7-8,14H2,1-3H3. The van der Waals surface area contributed by atoms with Crippen LogP contribution in [-0.2, 0) is 15.3 Å². The first-order valence-corrected chi connectivity index (χ1v) is 6.68. The lowest BCUT2D eigenvalue weighted by atomic mass is 10.1. The van der Waals surface area contributed by atoms with E-state index in [1.807, 2.05) is 0 Å². The Bertz CT molecular complexity index is 373. The quantitative estimate of drug-likeness (QED) is 0.816. The number of benzene rings is 1. The van der Waals surface area contributed by atoms with Gasteiger partial charge < -0.3 is 10.5 Å². The molecule has 0 aliphatic heterocycles. The van der Waals surface area contributed by atoms with Crippen molar-refractivity contribution in [2.24, 2.45) is 5.73 Å². The highest BCUT2D eigenvalue weighted by Crippen LogP contribution is 2.20. The molecular formula is C13H19NO2S. The van der Waals surface area contributed by atoms with Crippen molar-refractivity contribution in [3.63, 3.8) is 0 Å². The molecule has 4 heteroatoms. The monoisotopic (exact) mass is 253 g/mol. The smallest absolute Gasteiger partial charge is 0.323 e. The third-order valence-electron chi connectivity index (χ3n) is 2.69. The van der Waals surface area contributed by atoms with E-state index in [1.54, 1.807) is 11.8 Å². The van der Waals surface area contributed by atoms with E-state index in [0.717, 1.165) is 5.75 Å². The Balaban J connectivity index is 2.49. The van der Waals surface area contributed by atoms with Crippen LogP contribution in [0.15, 0.2) is 18.2 Å². The first kappa shape index (κ1) is 14.1. The third kappa shape index (κ3) is 4.06. The van der Waals surface area contributed by atoms with Crippen LogP contribution < -0.4 is 5.73 Å². The van der Waals surface area contributed by atoms with Crippen LogP contribution in [0.2, 0.25) is 0 Å². The van der Waals surface area contributed by atoms with Crippen molar-refractivity contribution in [1.29, 1.82) is 0 Å². The number of hydrogen-bond acceptors (Lipinski definition) is 4. The van der Waals surface area contributed by atoms with Gasteiger partial charge >= 0.3 is 5.97 Å². The second kappa shape index (κ2) is 6.67. The number of esters is 1. The lowest BCUT2D eigenvalue weighted by Gasteiger charge is -2.11. The molecule has 0 heterocycles. The Labute approximate surface area is 107 Å². The Morgan fingerprint density at radius 1 is 1.41 bits per heavy atom. The Kier molecular flexibility index (Phi) is 5.51. The summed E-state index contributed by atoms with van der Waals surface area (Å²) in [5, 5.41) is 0. The summed E-state index contributed by atoms with van der Waals surface area (Å²) < 4.78 is 4.58. The molecule has 17 heavy (non-hydrogen) atoms. The number of aryl methyl sites for hydroxylation is 2. The molecule has 2 N–H and O–H groups in total. The maximum absolute atomic E-state index is 11.1. The van der Waals surface area contributed by atoms with Crippen LogP contribution in [0, 0.1) is 13.8 Å². The number of methoxy groups -OCH3 is 1. The molecule has 1 aromatic carbocycles. The van der Waals surface area contributed by atoms with E-state index in [0.29, 0.717) is 5.75 Å². The molecule has 0 bridgehead atoms. The molecule has 0 aromatic heterocycles. The minimum atomic E-state index is -0.533. The van der Waals surface area contributed by atoms with Crippen molar-refractivity contribution in [2.45, 2.75) is 25.6 Å². The molecule has 0 amide bonds. The van der Waals surface area contributed by atoms with Crippen LogP contribution in [0.3, 0.4) is 0 Å². The van der Waals surface area contributed by atoms with Gasteiger partial charge in [0.2, 0.25) is 0 Å². The Hall–Kier alpha value is -1.00. The summed E-state index contributed by atoms with van der Waals surface area (Å²) in [7, 11) is 1.36. The zero-order valence-corrected chi connectivity index (χ0v) is 11.3. The van der Waals surface area contributed by atoms with Crippen LogP contribution in [0.5, 0.6) is 0 Å². The van der Waals surface area contributed by atoms with Gasteiger partial charge in [-0.1, -0.05) is 18.2 Å². The molecule has 94 valence electrons. The van der Waals surface area contributed by atoms with Gasteiger partial charge in [-0.15, -0.1) is 0 Å². The van der Waals surface area contributed by atoms with Gasteiger partial charge in [-0.2, -0.15) is 11.8 Å². The zero-order chi connectivity index (χ0) is 12.8. The molecular weight excluding hydrogens is 234 g/mol. The number of carbonyl (C=O) groups is 1. The highest BCUT2D eigenvalue weighted by molar-refractivity contribution is 7.98. The van der Waals surface area contributed by atoms with Crippen molar-refractivity contribution in [1.82, 2.24) is 0 Å². The first-order valence-electron chi connectivity index (χ1n) is 5.52. The van der Waals surface area contributed by atoms with Crippen LogP contribution >= 0.6 is 11.8 Å². The maximum atomic E-state index is 11.1. The van der Waals surface area contributed by atoms with Gasteiger partial charge in [0.1, 0.15) is 6.04 Å². The van der Waals surface area contributed by atoms with E-state index in [4.69, 9.17) is 5.73 Å².